The first-order valence-electron chi connectivity index (χ1n) is 7.00. The van der Waals surface area contributed by atoms with Gasteiger partial charge in [0, 0.05) is 12.6 Å². The van der Waals surface area contributed by atoms with Crippen molar-refractivity contribution < 1.29 is 4.79 Å². The van der Waals surface area contributed by atoms with Gasteiger partial charge in [0.25, 0.3) is 0 Å². The molecule has 0 saturated heterocycles. The number of carbonyl (C=O) groups excluding carboxylic acids is 1. The third-order valence-corrected chi connectivity index (χ3v) is 3.12. The Balaban J connectivity index is 2.51. The number of nitrogens with one attached hydrogen (secondary N) is 2. The van der Waals surface area contributed by atoms with E-state index in [1.165, 1.54) is 11.1 Å². The van der Waals surface area contributed by atoms with Crippen molar-refractivity contribution in [1.29, 1.82) is 0 Å². The molecule has 1 rings (SSSR count). The second-order valence-electron chi connectivity index (χ2n) is 5.66. The molecule has 19 heavy (non-hydrogen) atoms. The number of amides is 1. The van der Waals surface area contributed by atoms with Crippen LogP contribution in [0.1, 0.15) is 44.9 Å². The molecule has 0 aliphatic rings. The zero-order valence-corrected chi connectivity index (χ0v) is 12.7. The molecule has 2 atom stereocenters. The summed E-state index contributed by atoms with van der Waals surface area (Å²) in [6.07, 6.45) is 0. The Bertz CT molecular complexity index is 415. The van der Waals surface area contributed by atoms with Crippen molar-refractivity contribution in [2.24, 2.45) is 5.92 Å². The lowest BCUT2D eigenvalue weighted by molar-refractivity contribution is -0.123. The molecular formula is C16H26N2O. The molecule has 106 valence electrons. The van der Waals surface area contributed by atoms with Crippen LogP contribution in [0, 0.1) is 12.8 Å². The van der Waals surface area contributed by atoms with Gasteiger partial charge in [-0.15, -0.1) is 0 Å². The summed E-state index contributed by atoms with van der Waals surface area (Å²) >= 11 is 0. The van der Waals surface area contributed by atoms with E-state index in [9.17, 15) is 4.79 Å². The predicted octanol–water partition coefficient (Wildman–Crippen LogP) is 2.81. The first kappa shape index (κ1) is 15.7. The van der Waals surface area contributed by atoms with E-state index in [1.54, 1.807) is 0 Å². The van der Waals surface area contributed by atoms with Crippen molar-refractivity contribution in [1.82, 2.24) is 10.6 Å². The fourth-order valence-electron chi connectivity index (χ4n) is 1.94. The van der Waals surface area contributed by atoms with E-state index < -0.39 is 0 Å². The molecule has 0 spiro atoms. The van der Waals surface area contributed by atoms with E-state index in [1.807, 2.05) is 13.0 Å². The lowest BCUT2D eigenvalue weighted by atomic mass is 10.0. The van der Waals surface area contributed by atoms with Gasteiger partial charge in [-0.3, -0.25) is 10.1 Å². The third-order valence-electron chi connectivity index (χ3n) is 3.12. The van der Waals surface area contributed by atoms with Gasteiger partial charge in [0.1, 0.15) is 0 Å². The molecule has 0 bridgehead atoms. The maximum atomic E-state index is 11.9. The Morgan fingerprint density at radius 1 is 1.21 bits per heavy atom. The summed E-state index contributed by atoms with van der Waals surface area (Å²) < 4.78 is 0. The molecule has 1 aromatic rings. The van der Waals surface area contributed by atoms with Crippen LogP contribution in [0.2, 0.25) is 0 Å². The van der Waals surface area contributed by atoms with Crippen LogP contribution in [0.15, 0.2) is 24.3 Å². The Labute approximate surface area is 116 Å². The Hall–Kier alpha value is -1.35. The first-order valence-corrected chi connectivity index (χ1v) is 7.00. The van der Waals surface area contributed by atoms with Crippen LogP contribution in [0.25, 0.3) is 0 Å². The first-order chi connectivity index (χ1) is 8.90. The van der Waals surface area contributed by atoms with Gasteiger partial charge in [-0.2, -0.15) is 0 Å². The summed E-state index contributed by atoms with van der Waals surface area (Å²) in [4.78, 5) is 11.9. The molecule has 0 fully saturated rings. The fourth-order valence-corrected chi connectivity index (χ4v) is 1.94. The van der Waals surface area contributed by atoms with Crippen LogP contribution in [0.3, 0.4) is 0 Å². The van der Waals surface area contributed by atoms with Crippen LogP contribution in [-0.4, -0.2) is 18.5 Å². The Morgan fingerprint density at radius 2 is 1.89 bits per heavy atom. The van der Waals surface area contributed by atoms with Crippen molar-refractivity contribution in [3.63, 3.8) is 0 Å². The molecule has 1 unspecified atom stereocenters. The van der Waals surface area contributed by atoms with Crippen LogP contribution < -0.4 is 10.6 Å². The molecule has 3 nitrogen and oxygen atoms in total. The minimum Gasteiger partial charge on any atom is -0.354 e. The van der Waals surface area contributed by atoms with Gasteiger partial charge >= 0.3 is 0 Å². The lowest BCUT2D eigenvalue weighted by Crippen LogP contribution is -2.44. The molecule has 0 saturated carbocycles. The van der Waals surface area contributed by atoms with Gasteiger partial charge in [0.05, 0.1) is 6.04 Å². The van der Waals surface area contributed by atoms with E-state index in [-0.39, 0.29) is 18.0 Å². The molecule has 0 heterocycles. The molecular weight excluding hydrogens is 236 g/mol. The maximum absolute atomic E-state index is 11.9. The van der Waals surface area contributed by atoms with Gasteiger partial charge in [0.2, 0.25) is 5.91 Å². The summed E-state index contributed by atoms with van der Waals surface area (Å²) in [5.41, 5.74) is 2.45. The molecule has 3 heteroatoms. The largest absolute Gasteiger partial charge is 0.354 e. The summed E-state index contributed by atoms with van der Waals surface area (Å²) in [7, 11) is 0. The smallest absolute Gasteiger partial charge is 0.236 e. The highest BCUT2D eigenvalue weighted by atomic mass is 16.2. The molecule has 1 amide bonds. The van der Waals surface area contributed by atoms with Crippen LogP contribution in [0.5, 0.6) is 0 Å². The van der Waals surface area contributed by atoms with Crippen molar-refractivity contribution in [3.8, 4) is 0 Å². The van der Waals surface area contributed by atoms with E-state index in [0.29, 0.717) is 5.92 Å². The maximum Gasteiger partial charge on any atom is 0.236 e. The average molecular weight is 262 g/mol. The molecule has 0 radical (unpaired) electrons. The SMILES string of the molecule is Cc1cccc([C@@H](C)NC(C)C(=O)NCC(C)C)c1. The summed E-state index contributed by atoms with van der Waals surface area (Å²) in [6.45, 7) is 11.0. The number of aryl methyl sites for hydroxylation is 1. The lowest BCUT2D eigenvalue weighted by Gasteiger charge is -2.20. The van der Waals surface area contributed by atoms with Crippen LogP contribution >= 0.6 is 0 Å². The van der Waals surface area contributed by atoms with E-state index in [2.05, 4.69) is 56.5 Å². The molecule has 1 aromatic carbocycles. The number of hydrogen-bond acceptors (Lipinski definition) is 2. The Morgan fingerprint density at radius 3 is 2.47 bits per heavy atom. The standard InChI is InChI=1S/C16H26N2O/c1-11(2)10-17-16(19)14(5)18-13(4)15-8-6-7-12(3)9-15/h6-9,11,13-14,18H,10H2,1-5H3,(H,17,19)/t13-,14?/m1/s1. The summed E-state index contributed by atoms with van der Waals surface area (Å²) in [5, 5.41) is 6.28. The minimum absolute atomic E-state index is 0.0632. The van der Waals surface area contributed by atoms with Crippen LogP contribution in [0.4, 0.5) is 0 Å². The number of carbonyl (C=O) groups is 1. The second kappa shape index (κ2) is 7.29. The van der Waals surface area contributed by atoms with E-state index in [4.69, 9.17) is 0 Å². The van der Waals surface area contributed by atoms with Gasteiger partial charge in [-0.1, -0.05) is 43.7 Å². The number of hydrogen-bond donors (Lipinski definition) is 2. The van der Waals surface area contributed by atoms with Crippen LogP contribution in [-0.2, 0) is 4.79 Å². The zero-order chi connectivity index (χ0) is 14.4. The zero-order valence-electron chi connectivity index (χ0n) is 12.7. The van der Waals surface area contributed by atoms with Gasteiger partial charge in [0.15, 0.2) is 0 Å². The molecule has 0 aliphatic carbocycles. The van der Waals surface area contributed by atoms with E-state index in [0.717, 1.165) is 6.54 Å². The normalized spacial score (nSPS) is 14.2. The monoisotopic (exact) mass is 262 g/mol. The highest BCUT2D eigenvalue weighted by molar-refractivity contribution is 5.81. The van der Waals surface area contributed by atoms with Gasteiger partial charge in [-0.05, 0) is 32.3 Å². The highest BCUT2D eigenvalue weighted by Gasteiger charge is 2.16. The quantitative estimate of drug-likeness (QED) is 0.827. The topological polar surface area (TPSA) is 41.1 Å². The number of rotatable bonds is 6. The number of benzene rings is 1. The third kappa shape index (κ3) is 5.43. The van der Waals surface area contributed by atoms with Gasteiger partial charge < -0.3 is 5.32 Å². The van der Waals surface area contributed by atoms with E-state index >= 15 is 0 Å². The minimum atomic E-state index is -0.186. The van der Waals surface area contributed by atoms with Gasteiger partial charge in [-0.25, -0.2) is 0 Å². The Kier molecular flexibility index (Phi) is 6.03. The molecule has 2 N–H and O–H groups in total. The summed E-state index contributed by atoms with van der Waals surface area (Å²) in [5.74, 6) is 0.540. The predicted molar refractivity (Wildman–Crippen MR) is 80.0 cm³/mol. The van der Waals surface area contributed by atoms with Crippen molar-refractivity contribution in [2.45, 2.75) is 46.7 Å². The van der Waals surface area contributed by atoms with Crippen molar-refractivity contribution >= 4 is 5.91 Å². The molecule has 0 aliphatic heterocycles. The van der Waals surface area contributed by atoms with Crippen molar-refractivity contribution in [3.05, 3.63) is 35.4 Å². The summed E-state index contributed by atoms with van der Waals surface area (Å²) in [6, 6.07) is 8.34. The average Bonchev–Trinajstić information content (AvgIpc) is 2.35. The molecule has 0 aromatic heterocycles. The van der Waals surface area contributed by atoms with Crippen molar-refractivity contribution in [2.75, 3.05) is 6.54 Å². The second-order valence-corrected chi connectivity index (χ2v) is 5.66. The fraction of sp³-hybridized carbons (Fsp3) is 0.562. The highest BCUT2D eigenvalue weighted by Crippen LogP contribution is 2.14.